The molecule has 66 valence electrons. The van der Waals surface area contributed by atoms with Crippen molar-refractivity contribution >= 4 is 6.09 Å². The van der Waals surface area contributed by atoms with Crippen LogP contribution < -0.4 is 5.73 Å². The van der Waals surface area contributed by atoms with Crippen LogP contribution >= 0.6 is 0 Å². The van der Waals surface area contributed by atoms with Gasteiger partial charge in [0.1, 0.15) is 0 Å². The fourth-order valence-corrected chi connectivity index (χ4v) is 0.775. The second-order valence-electron chi connectivity index (χ2n) is 3.83. The molecule has 0 aromatic rings. The molecule has 0 unspecified atom stereocenters. The van der Waals surface area contributed by atoms with Crippen LogP contribution in [0.2, 0.25) is 0 Å². The first-order chi connectivity index (χ1) is 4.92. The summed E-state index contributed by atoms with van der Waals surface area (Å²) < 4.78 is 4.58. The number of nitrogens with two attached hydrogens (primary N) is 1. The van der Waals surface area contributed by atoms with Crippen molar-refractivity contribution in [1.82, 2.24) is 0 Å². The van der Waals surface area contributed by atoms with Crippen LogP contribution in [0.1, 0.15) is 33.6 Å². The SMILES string of the molecule is CC(C)(C)CCCOC(N)=O. The van der Waals surface area contributed by atoms with Gasteiger partial charge in [-0.2, -0.15) is 0 Å². The van der Waals surface area contributed by atoms with E-state index in [1.54, 1.807) is 0 Å². The molecule has 3 heteroatoms. The number of ether oxygens (including phenoxy) is 1. The lowest BCUT2D eigenvalue weighted by molar-refractivity contribution is 0.149. The zero-order valence-electron chi connectivity index (χ0n) is 7.52. The lowest BCUT2D eigenvalue weighted by Gasteiger charge is -2.16. The predicted molar refractivity (Wildman–Crippen MR) is 44.2 cm³/mol. The summed E-state index contributed by atoms with van der Waals surface area (Å²) in [6.07, 6.45) is 1.24. The lowest BCUT2D eigenvalue weighted by Crippen LogP contribution is -2.15. The van der Waals surface area contributed by atoms with Crippen molar-refractivity contribution in [3.05, 3.63) is 0 Å². The van der Waals surface area contributed by atoms with Crippen molar-refractivity contribution in [3.63, 3.8) is 0 Å². The van der Waals surface area contributed by atoms with E-state index in [2.05, 4.69) is 25.5 Å². The largest absolute Gasteiger partial charge is 0.450 e. The van der Waals surface area contributed by atoms with Gasteiger partial charge in [0.2, 0.25) is 0 Å². The third-order valence-electron chi connectivity index (χ3n) is 1.32. The summed E-state index contributed by atoms with van der Waals surface area (Å²) in [6, 6.07) is 0. The monoisotopic (exact) mass is 159 g/mol. The van der Waals surface area contributed by atoms with Crippen molar-refractivity contribution in [2.75, 3.05) is 6.61 Å². The van der Waals surface area contributed by atoms with Crippen LogP contribution in [0, 0.1) is 5.41 Å². The van der Waals surface area contributed by atoms with E-state index in [1.165, 1.54) is 0 Å². The van der Waals surface area contributed by atoms with Crippen LogP contribution in [0.25, 0.3) is 0 Å². The summed E-state index contributed by atoms with van der Waals surface area (Å²) in [7, 11) is 0. The average molecular weight is 159 g/mol. The topological polar surface area (TPSA) is 52.3 Å². The Kier molecular flexibility index (Phi) is 3.93. The molecule has 0 aromatic carbocycles. The molecule has 0 aliphatic heterocycles. The highest BCUT2D eigenvalue weighted by Gasteiger charge is 2.09. The molecule has 2 N–H and O–H groups in total. The number of amides is 1. The maximum Gasteiger partial charge on any atom is 0.404 e. The molecule has 0 aliphatic rings. The first-order valence-corrected chi connectivity index (χ1v) is 3.84. The molecule has 0 radical (unpaired) electrons. The van der Waals surface area contributed by atoms with Gasteiger partial charge in [-0.05, 0) is 18.3 Å². The molecule has 0 atom stereocenters. The van der Waals surface area contributed by atoms with E-state index in [4.69, 9.17) is 5.73 Å². The Morgan fingerprint density at radius 1 is 1.45 bits per heavy atom. The molecule has 0 spiro atoms. The first-order valence-electron chi connectivity index (χ1n) is 3.84. The molecule has 0 saturated carbocycles. The molecule has 0 bridgehead atoms. The second-order valence-corrected chi connectivity index (χ2v) is 3.83. The fourth-order valence-electron chi connectivity index (χ4n) is 0.775. The maximum absolute atomic E-state index is 10.1. The van der Waals surface area contributed by atoms with E-state index in [0.717, 1.165) is 12.8 Å². The van der Waals surface area contributed by atoms with Crippen LogP contribution in [-0.2, 0) is 4.74 Å². The van der Waals surface area contributed by atoms with E-state index < -0.39 is 6.09 Å². The normalized spacial score (nSPS) is 11.2. The standard InChI is InChI=1S/C8H17NO2/c1-8(2,3)5-4-6-11-7(9)10/h4-6H2,1-3H3,(H2,9,10). The molecule has 11 heavy (non-hydrogen) atoms. The van der Waals surface area contributed by atoms with Gasteiger partial charge in [0.05, 0.1) is 6.61 Å². The van der Waals surface area contributed by atoms with Gasteiger partial charge in [-0.1, -0.05) is 20.8 Å². The highest BCUT2D eigenvalue weighted by atomic mass is 16.5. The van der Waals surface area contributed by atoms with Gasteiger partial charge in [0.25, 0.3) is 0 Å². The van der Waals surface area contributed by atoms with Gasteiger partial charge < -0.3 is 10.5 Å². The molecule has 1 amide bonds. The summed E-state index contributed by atoms with van der Waals surface area (Å²) in [6.45, 7) is 6.89. The van der Waals surface area contributed by atoms with Crippen molar-refractivity contribution in [3.8, 4) is 0 Å². The van der Waals surface area contributed by atoms with E-state index in [1.807, 2.05) is 0 Å². The molecule has 0 aromatic heterocycles. The van der Waals surface area contributed by atoms with Crippen LogP contribution in [0.5, 0.6) is 0 Å². The number of carbonyl (C=O) groups is 1. The fraction of sp³-hybridized carbons (Fsp3) is 0.875. The Balaban J connectivity index is 3.22. The zero-order valence-corrected chi connectivity index (χ0v) is 7.52. The predicted octanol–water partition coefficient (Wildman–Crippen LogP) is 1.91. The molecular formula is C8H17NO2. The Morgan fingerprint density at radius 3 is 2.36 bits per heavy atom. The molecule has 0 rings (SSSR count). The number of carbonyl (C=O) groups excluding carboxylic acids is 1. The van der Waals surface area contributed by atoms with Gasteiger partial charge in [-0.25, -0.2) is 4.79 Å². The molecule has 0 heterocycles. The minimum absolute atomic E-state index is 0.307. The highest BCUT2D eigenvalue weighted by Crippen LogP contribution is 2.19. The van der Waals surface area contributed by atoms with Crippen molar-refractivity contribution in [2.45, 2.75) is 33.6 Å². The highest BCUT2D eigenvalue weighted by molar-refractivity contribution is 5.64. The van der Waals surface area contributed by atoms with Gasteiger partial charge in [-0.15, -0.1) is 0 Å². The lowest BCUT2D eigenvalue weighted by atomic mass is 9.91. The van der Waals surface area contributed by atoms with Gasteiger partial charge in [0, 0.05) is 0 Å². The number of rotatable bonds is 3. The summed E-state index contributed by atoms with van der Waals surface area (Å²) >= 11 is 0. The Hall–Kier alpha value is -0.730. The second kappa shape index (κ2) is 4.21. The van der Waals surface area contributed by atoms with E-state index in [0.29, 0.717) is 12.0 Å². The van der Waals surface area contributed by atoms with Gasteiger partial charge in [0.15, 0.2) is 0 Å². The summed E-state index contributed by atoms with van der Waals surface area (Å²) in [5.74, 6) is 0. The molecule has 0 fully saturated rings. The number of primary amides is 1. The summed E-state index contributed by atoms with van der Waals surface area (Å²) in [5, 5.41) is 0. The quantitative estimate of drug-likeness (QED) is 0.639. The Morgan fingerprint density at radius 2 is 2.00 bits per heavy atom. The number of hydrogen-bond acceptors (Lipinski definition) is 2. The summed E-state index contributed by atoms with van der Waals surface area (Å²) in [4.78, 5) is 10.1. The molecule has 0 aliphatic carbocycles. The molecule has 0 saturated heterocycles. The van der Waals surface area contributed by atoms with Crippen LogP contribution in [0.3, 0.4) is 0 Å². The third kappa shape index (κ3) is 9.27. The average Bonchev–Trinajstić information content (AvgIpc) is 1.78. The first kappa shape index (κ1) is 10.3. The van der Waals surface area contributed by atoms with E-state index >= 15 is 0 Å². The van der Waals surface area contributed by atoms with Gasteiger partial charge >= 0.3 is 6.09 Å². The minimum Gasteiger partial charge on any atom is -0.450 e. The third-order valence-corrected chi connectivity index (χ3v) is 1.32. The van der Waals surface area contributed by atoms with E-state index in [9.17, 15) is 4.79 Å². The van der Waals surface area contributed by atoms with Crippen molar-refractivity contribution in [2.24, 2.45) is 11.1 Å². The molecule has 3 nitrogen and oxygen atoms in total. The van der Waals surface area contributed by atoms with Crippen LogP contribution in [-0.4, -0.2) is 12.7 Å². The van der Waals surface area contributed by atoms with Crippen molar-refractivity contribution < 1.29 is 9.53 Å². The van der Waals surface area contributed by atoms with E-state index in [-0.39, 0.29) is 0 Å². The smallest absolute Gasteiger partial charge is 0.404 e. The van der Waals surface area contributed by atoms with Crippen molar-refractivity contribution in [1.29, 1.82) is 0 Å². The number of hydrogen-bond donors (Lipinski definition) is 1. The van der Waals surface area contributed by atoms with Gasteiger partial charge in [-0.3, -0.25) is 0 Å². The Bertz CT molecular complexity index is 127. The van der Waals surface area contributed by atoms with Crippen LogP contribution in [0.4, 0.5) is 4.79 Å². The summed E-state index contributed by atoms with van der Waals surface area (Å²) in [5.41, 5.74) is 5.09. The van der Waals surface area contributed by atoms with Crippen LogP contribution in [0.15, 0.2) is 0 Å². The minimum atomic E-state index is -0.682. The zero-order chi connectivity index (χ0) is 8.91. The molecular weight excluding hydrogens is 142 g/mol. The Labute approximate surface area is 67.9 Å². The maximum atomic E-state index is 10.1.